The second kappa shape index (κ2) is 5.82. The van der Waals surface area contributed by atoms with Crippen LogP contribution in [0.5, 0.6) is 0 Å². The van der Waals surface area contributed by atoms with E-state index in [4.69, 9.17) is 5.84 Å². The number of nitrogen functional groups attached to an aromatic ring is 1. The molecule has 0 amide bonds. The normalized spacial score (nSPS) is 10.2. The number of aromatic nitrogens is 2. The molecule has 0 aliphatic carbocycles. The van der Waals surface area contributed by atoms with Crippen LogP contribution < -0.4 is 11.3 Å². The van der Waals surface area contributed by atoms with Crippen LogP contribution in [0, 0.1) is 0 Å². The Bertz CT molecular complexity index is 266. The van der Waals surface area contributed by atoms with E-state index >= 15 is 0 Å². The lowest BCUT2D eigenvalue weighted by molar-refractivity contribution is 0.854. The van der Waals surface area contributed by atoms with Crippen molar-refractivity contribution in [3.8, 4) is 0 Å². The fourth-order valence-electron chi connectivity index (χ4n) is 1.20. The number of nitrogens with one attached hydrogen (secondary N) is 1. The Morgan fingerprint density at radius 3 is 2.86 bits per heavy atom. The molecule has 0 aliphatic rings. The van der Waals surface area contributed by atoms with Gasteiger partial charge in [-0.3, -0.25) is 0 Å². The van der Waals surface area contributed by atoms with E-state index in [9.17, 15) is 0 Å². The van der Waals surface area contributed by atoms with E-state index in [1.165, 1.54) is 0 Å². The largest absolute Gasteiger partial charge is 0.308 e. The second-order valence-corrected chi connectivity index (χ2v) is 3.85. The molecule has 3 N–H and O–H groups in total. The van der Waals surface area contributed by atoms with Crippen LogP contribution in [0.15, 0.2) is 6.07 Å². The van der Waals surface area contributed by atoms with E-state index in [-0.39, 0.29) is 0 Å². The molecule has 0 aromatic carbocycles. The first kappa shape index (κ1) is 11.3. The number of anilines is 1. The Labute approximate surface area is 88.7 Å². The molecule has 0 unspecified atom stereocenters. The zero-order valence-corrected chi connectivity index (χ0v) is 9.40. The van der Waals surface area contributed by atoms with Crippen LogP contribution in [0.3, 0.4) is 0 Å². The van der Waals surface area contributed by atoms with E-state index in [1.807, 2.05) is 12.3 Å². The van der Waals surface area contributed by atoms with Crippen molar-refractivity contribution in [2.75, 3.05) is 11.7 Å². The Kier molecular flexibility index (Phi) is 4.69. The number of nitrogens with two attached hydrogens (primary N) is 1. The second-order valence-electron chi connectivity index (χ2n) is 2.99. The van der Waals surface area contributed by atoms with Gasteiger partial charge >= 0.3 is 0 Å². The maximum atomic E-state index is 5.33. The van der Waals surface area contributed by atoms with Gasteiger partial charge in [0, 0.05) is 11.8 Å². The highest BCUT2D eigenvalue weighted by atomic mass is 32.2. The molecule has 1 aromatic rings. The lowest BCUT2D eigenvalue weighted by Crippen LogP contribution is -2.11. The Morgan fingerprint density at radius 2 is 2.29 bits per heavy atom. The molecule has 0 spiro atoms. The lowest BCUT2D eigenvalue weighted by atomic mass is 10.2. The number of rotatable bonds is 5. The van der Waals surface area contributed by atoms with Crippen LogP contribution in [0.2, 0.25) is 0 Å². The smallest absolute Gasteiger partial charge is 0.143 e. The number of thioether (sulfide) groups is 1. The fraction of sp³-hybridized carbons (Fsp3) is 0.556. The molecule has 78 valence electrons. The standard InChI is InChI=1S/C9H16N4S/c1-3-4-7-5-8(13-10)12-9(11-7)6-14-2/h5H,3-4,6,10H2,1-2H3,(H,11,12,13). The summed E-state index contributed by atoms with van der Waals surface area (Å²) in [5.74, 6) is 7.70. The molecule has 0 radical (unpaired) electrons. The van der Waals surface area contributed by atoms with Gasteiger partial charge in [0.15, 0.2) is 0 Å². The van der Waals surface area contributed by atoms with Crippen molar-refractivity contribution in [2.24, 2.45) is 5.84 Å². The molecule has 1 rings (SSSR count). The van der Waals surface area contributed by atoms with E-state index in [0.717, 1.165) is 30.1 Å². The molecule has 0 fully saturated rings. The van der Waals surface area contributed by atoms with Gasteiger partial charge in [-0.15, -0.1) is 0 Å². The molecule has 0 atom stereocenters. The third-order valence-corrected chi connectivity index (χ3v) is 2.30. The highest BCUT2D eigenvalue weighted by Crippen LogP contribution is 2.11. The summed E-state index contributed by atoms with van der Waals surface area (Å²) in [7, 11) is 0. The molecule has 1 heterocycles. The van der Waals surface area contributed by atoms with Crippen LogP contribution in [-0.4, -0.2) is 16.2 Å². The van der Waals surface area contributed by atoms with Crippen molar-refractivity contribution in [2.45, 2.75) is 25.5 Å². The van der Waals surface area contributed by atoms with E-state index < -0.39 is 0 Å². The van der Waals surface area contributed by atoms with Crippen LogP contribution in [0.1, 0.15) is 24.9 Å². The quantitative estimate of drug-likeness (QED) is 0.573. The van der Waals surface area contributed by atoms with E-state index in [1.54, 1.807) is 11.8 Å². The zero-order chi connectivity index (χ0) is 10.4. The van der Waals surface area contributed by atoms with Crippen molar-refractivity contribution >= 4 is 17.6 Å². The SMILES string of the molecule is CCCc1cc(NN)nc(CSC)n1. The van der Waals surface area contributed by atoms with Gasteiger partial charge in [0.1, 0.15) is 11.6 Å². The van der Waals surface area contributed by atoms with Crippen molar-refractivity contribution in [3.05, 3.63) is 17.6 Å². The molecular weight excluding hydrogens is 196 g/mol. The van der Waals surface area contributed by atoms with Crippen LogP contribution in [0.25, 0.3) is 0 Å². The first-order valence-corrected chi connectivity index (χ1v) is 6.02. The minimum Gasteiger partial charge on any atom is -0.308 e. The van der Waals surface area contributed by atoms with Gasteiger partial charge in [-0.05, 0) is 12.7 Å². The molecule has 1 aromatic heterocycles. The number of nitrogens with zero attached hydrogens (tertiary/aromatic N) is 2. The van der Waals surface area contributed by atoms with Gasteiger partial charge in [0.05, 0.1) is 5.75 Å². The highest BCUT2D eigenvalue weighted by molar-refractivity contribution is 7.97. The van der Waals surface area contributed by atoms with Crippen molar-refractivity contribution in [3.63, 3.8) is 0 Å². The van der Waals surface area contributed by atoms with E-state index in [0.29, 0.717) is 5.82 Å². The first-order valence-electron chi connectivity index (χ1n) is 4.62. The lowest BCUT2D eigenvalue weighted by Gasteiger charge is -2.05. The minimum atomic E-state index is 0.701. The zero-order valence-electron chi connectivity index (χ0n) is 8.58. The van der Waals surface area contributed by atoms with Gasteiger partial charge in [0.25, 0.3) is 0 Å². The summed E-state index contributed by atoms with van der Waals surface area (Å²) < 4.78 is 0. The molecule has 4 nitrogen and oxygen atoms in total. The molecule has 0 saturated carbocycles. The van der Waals surface area contributed by atoms with Crippen molar-refractivity contribution < 1.29 is 0 Å². The Hall–Kier alpha value is -0.810. The van der Waals surface area contributed by atoms with Crippen LogP contribution >= 0.6 is 11.8 Å². The summed E-state index contributed by atoms with van der Waals surface area (Å²) in [4.78, 5) is 8.69. The first-order chi connectivity index (χ1) is 6.80. The summed E-state index contributed by atoms with van der Waals surface area (Å²) in [5, 5.41) is 0. The summed E-state index contributed by atoms with van der Waals surface area (Å²) >= 11 is 1.71. The number of hydrazine groups is 1. The van der Waals surface area contributed by atoms with Crippen molar-refractivity contribution in [1.82, 2.24) is 9.97 Å². The van der Waals surface area contributed by atoms with Crippen LogP contribution in [0.4, 0.5) is 5.82 Å². The molecular formula is C9H16N4S. The monoisotopic (exact) mass is 212 g/mol. The summed E-state index contributed by atoms with van der Waals surface area (Å²) in [5.41, 5.74) is 3.62. The highest BCUT2D eigenvalue weighted by Gasteiger charge is 2.02. The van der Waals surface area contributed by atoms with Gasteiger partial charge in [-0.1, -0.05) is 13.3 Å². The van der Waals surface area contributed by atoms with Gasteiger partial charge in [0.2, 0.25) is 0 Å². The average molecular weight is 212 g/mol. The maximum Gasteiger partial charge on any atom is 0.143 e. The number of hydrogen-bond acceptors (Lipinski definition) is 5. The third kappa shape index (κ3) is 3.16. The van der Waals surface area contributed by atoms with Crippen LogP contribution in [-0.2, 0) is 12.2 Å². The predicted molar refractivity (Wildman–Crippen MR) is 61.1 cm³/mol. The minimum absolute atomic E-state index is 0.701. The summed E-state index contributed by atoms with van der Waals surface area (Å²) in [6.07, 6.45) is 4.09. The fourth-order valence-corrected chi connectivity index (χ4v) is 1.59. The topological polar surface area (TPSA) is 63.8 Å². The molecule has 0 bridgehead atoms. The average Bonchev–Trinajstić information content (AvgIpc) is 2.18. The van der Waals surface area contributed by atoms with Gasteiger partial charge in [-0.2, -0.15) is 11.8 Å². The summed E-state index contributed by atoms with van der Waals surface area (Å²) in [6.45, 7) is 2.13. The molecule has 5 heteroatoms. The molecule has 0 saturated heterocycles. The predicted octanol–water partition coefficient (Wildman–Crippen LogP) is 1.58. The Morgan fingerprint density at radius 1 is 1.50 bits per heavy atom. The maximum absolute atomic E-state index is 5.33. The van der Waals surface area contributed by atoms with Crippen molar-refractivity contribution in [1.29, 1.82) is 0 Å². The number of hydrogen-bond donors (Lipinski definition) is 2. The Balaban J connectivity index is 2.88. The summed E-state index contributed by atoms with van der Waals surface area (Å²) in [6, 6.07) is 1.90. The number of aryl methyl sites for hydroxylation is 1. The van der Waals surface area contributed by atoms with Gasteiger partial charge < -0.3 is 5.43 Å². The molecule has 0 aliphatic heterocycles. The molecule has 14 heavy (non-hydrogen) atoms. The van der Waals surface area contributed by atoms with Gasteiger partial charge in [-0.25, -0.2) is 15.8 Å². The third-order valence-electron chi connectivity index (χ3n) is 1.75. The van der Waals surface area contributed by atoms with E-state index in [2.05, 4.69) is 22.3 Å².